The van der Waals surface area contributed by atoms with Crippen molar-refractivity contribution in [1.82, 2.24) is 0 Å². The minimum atomic E-state index is 0.000000000000000222. The Balaban J connectivity index is 0. The Morgan fingerprint density at radius 2 is 1.73 bits per heavy atom. The third-order valence-electron chi connectivity index (χ3n) is 1.44. The Hall–Kier alpha value is -1.16. The van der Waals surface area contributed by atoms with Gasteiger partial charge in [0.1, 0.15) is 6.29 Å². The van der Waals surface area contributed by atoms with Crippen molar-refractivity contribution in [1.29, 1.82) is 0 Å². The zero-order valence-corrected chi connectivity index (χ0v) is 10.4. The summed E-state index contributed by atoms with van der Waals surface area (Å²) in [5.41, 5.74) is 11.7. The Labute approximate surface area is 97.2 Å². The van der Waals surface area contributed by atoms with Crippen molar-refractivity contribution >= 4 is 23.6 Å². The first-order chi connectivity index (χ1) is 6.90. The number of hydrogen-bond acceptors (Lipinski definition) is 2. The maximum atomic E-state index is 10.0. The van der Waals surface area contributed by atoms with Gasteiger partial charge < -0.3 is 11.5 Å². The highest BCUT2D eigenvalue weighted by Gasteiger charge is 1.86. The van der Waals surface area contributed by atoms with Crippen molar-refractivity contribution in [2.45, 2.75) is 33.6 Å². The summed E-state index contributed by atoms with van der Waals surface area (Å²) >= 11 is 4.09. The lowest BCUT2D eigenvalue weighted by molar-refractivity contribution is -0.104. The quantitative estimate of drug-likeness (QED) is 0.334. The van der Waals surface area contributed by atoms with E-state index in [0.717, 1.165) is 24.7 Å². The molecular formula is C11H20N2OS. The molecule has 3 nitrogen and oxygen atoms in total. The van der Waals surface area contributed by atoms with Crippen molar-refractivity contribution in [2.75, 3.05) is 0 Å². The summed E-state index contributed by atoms with van der Waals surface area (Å²) in [6.07, 6.45) is 6.68. The van der Waals surface area contributed by atoms with Crippen LogP contribution in [-0.2, 0) is 4.79 Å². The number of allylic oxidation sites excluding steroid dienone is 4. The number of nitrogens with two attached hydrogens (primary N) is 2. The highest BCUT2D eigenvalue weighted by atomic mass is 32.1. The Morgan fingerprint density at radius 3 is 2.07 bits per heavy atom. The van der Waals surface area contributed by atoms with E-state index in [1.165, 1.54) is 5.57 Å². The first-order valence-electron chi connectivity index (χ1n) is 4.69. The minimum absolute atomic E-state index is 0.000000000000000222. The fraction of sp³-hybridized carbons (Fsp3) is 0.455. The summed E-state index contributed by atoms with van der Waals surface area (Å²) in [6.45, 7) is 6.14. The summed E-state index contributed by atoms with van der Waals surface area (Å²) in [5, 5.41) is 0.000000000000000222. The number of carbonyl (C=O) groups is 1. The fourth-order valence-electron chi connectivity index (χ4n) is 0.788. The van der Waals surface area contributed by atoms with E-state index >= 15 is 0 Å². The van der Waals surface area contributed by atoms with Crippen molar-refractivity contribution in [3.63, 3.8) is 0 Å². The second kappa shape index (κ2) is 10.9. The van der Waals surface area contributed by atoms with Crippen LogP contribution in [0.25, 0.3) is 0 Å². The number of aldehydes is 1. The van der Waals surface area contributed by atoms with Crippen LogP contribution in [0.2, 0.25) is 0 Å². The molecule has 0 unspecified atom stereocenters. The zero-order valence-electron chi connectivity index (χ0n) is 9.62. The van der Waals surface area contributed by atoms with Crippen molar-refractivity contribution in [3.8, 4) is 0 Å². The van der Waals surface area contributed by atoms with Gasteiger partial charge in [0, 0.05) is 0 Å². The smallest absolute Gasteiger partial charge is 0.160 e. The second-order valence-electron chi connectivity index (χ2n) is 3.37. The summed E-state index contributed by atoms with van der Waals surface area (Å²) in [6, 6.07) is 0. The van der Waals surface area contributed by atoms with Crippen LogP contribution >= 0.6 is 12.2 Å². The maximum Gasteiger partial charge on any atom is 0.160 e. The highest BCUT2D eigenvalue weighted by Crippen LogP contribution is 2.05. The molecule has 15 heavy (non-hydrogen) atoms. The van der Waals surface area contributed by atoms with E-state index in [0.29, 0.717) is 0 Å². The molecule has 0 fully saturated rings. The zero-order chi connectivity index (χ0) is 12.3. The first kappa shape index (κ1) is 16.3. The molecule has 0 amide bonds. The third kappa shape index (κ3) is 24.5. The number of hydrogen-bond donors (Lipinski definition) is 2. The van der Waals surface area contributed by atoms with Crippen LogP contribution < -0.4 is 11.5 Å². The van der Waals surface area contributed by atoms with Gasteiger partial charge in [0.25, 0.3) is 0 Å². The first-order valence-corrected chi connectivity index (χ1v) is 5.10. The molecule has 0 radical (unpaired) electrons. The lowest BCUT2D eigenvalue weighted by Gasteiger charge is -1.94. The van der Waals surface area contributed by atoms with Crippen LogP contribution in [0.4, 0.5) is 0 Å². The van der Waals surface area contributed by atoms with Crippen LogP contribution in [0.3, 0.4) is 0 Å². The molecule has 0 spiro atoms. The van der Waals surface area contributed by atoms with Gasteiger partial charge in [0.2, 0.25) is 0 Å². The van der Waals surface area contributed by atoms with Crippen LogP contribution in [0.15, 0.2) is 23.3 Å². The molecule has 0 bridgehead atoms. The van der Waals surface area contributed by atoms with Crippen LogP contribution in [0.1, 0.15) is 33.6 Å². The van der Waals surface area contributed by atoms with Gasteiger partial charge in [-0.25, -0.2) is 0 Å². The molecule has 0 saturated heterocycles. The molecule has 0 aliphatic heterocycles. The lowest BCUT2D eigenvalue weighted by Crippen LogP contribution is -2.18. The van der Waals surface area contributed by atoms with Gasteiger partial charge in [0.15, 0.2) is 5.11 Å². The maximum absolute atomic E-state index is 10.0. The molecule has 4 N–H and O–H groups in total. The van der Waals surface area contributed by atoms with Crippen LogP contribution in [0.5, 0.6) is 0 Å². The van der Waals surface area contributed by atoms with E-state index in [1.54, 1.807) is 6.08 Å². The van der Waals surface area contributed by atoms with Crippen LogP contribution in [0, 0.1) is 0 Å². The Bertz CT molecular complexity index is 249. The molecular weight excluding hydrogens is 208 g/mol. The van der Waals surface area contributed by atoms with Gasteiger partial charge in [-0.15, -0.1) is 0 Å². The fourth-order valence-corrected chi connectivity index (χ4v) is 0.788. The molecule has 0 aliphatic carbocycles. The minimum Gasteiger partial charge on any atom is -0.377 e. The molecule has 0 rings (SSSR count). The number of carbonyl (C=O) groups excluding carboxylic acids is 1. The predicted molar refractivity (Wildman–Crippen MR) is 69.5 cm³/mol. The van der Waals surface area contributed by atoms with Gasteiger partial charge >= 0.3 is 0 Å². The molecule has 0 saturated carbocycles. The van der Waals surface area contributed by atoms with Crippen molar-refractivity contribution in [3.05, 3.63) is 23.3 Å². The van der Waals surface area contributed by atoms with E-state index in [9.17, 15) is 4.79 Å². The third-order valence-corrected chi connectivity index (χ3v) is 1.44. The Kier molecular flexibility index (Phi) is 11.8. The van der Waals surface area contributed by atoms with E-state index in [-0.39, 0.29) is 5.11 Å². The van der Waals surface area contributed by atoms with Gasteiger partial charge in [-0.1, -0.05) is 17.2 Å². The standard InChI is InChI=1S/C10H16O.CH4N2S/c1-9(2)5-4-6-10(3)7-8-11;2-1(3)4/h5,7-8H,4,6H2,1-3H3;(H4,2,3,4). The molecule has 0 heterocycles. The molecule has 0 aromatic heterocycles. The molecule has 86 valence electrons. The molecule has 4 heteroatoms. The SMILES string of the molecule is CC(C)=CCCC(C)=CC=O.NC(N)=S. The molecule has 0 aromatic rings. The van der Waals surface area contributed by atoms with E-state index in [4.69, 9.17) is 0 Å². The molecule has 0 aromatic carbocycles. The van der Waals surface area contributed by atoms with Gasteiger partial charge in [-0.05, 0) is 51.9 Å². The number of rotatable bonds is 4. The normalized spacial score (nSPS) is 9.67. The average molecular weight is 228 g/mol. The van der Waals surface area contributed by atoms with Gasteiger partial charge in [-0.3, -0.25) is 4.79 Å². The summed E-state index contributed by atoms with van der Waals surface area (Å²) < 4.78 is 0. The van der Waals surface area contributed by atoms with E-state index in [1.807, 2.05) is 6.92 Å². The van der Waals surface area contributed by atoms with Gasteiger partial charge in [0.05, 0.1) is 0 Å². The second-order valence-corrected chi connectivity index (χ2v) is 3.84. The van der Waals surface area contributed by atoms with Crippen LogP contribution in [-0.4, -0.2) is 11.4 Å². The summed E-state index contributed by atoms with van der Waals surface area (Å²) in [7, 11) is 0. The van der Waals surface area contributed by atoms with E-state index in [2.05, 4.69) is 43.6 Å². The Morgan fingerprint density at radius 1 is 1.27 bits per heavy atom. The molecule has 0 atom stereocenters. The van der Waals surface area contributed by atoms with E-state index < -0.39 is 0 Å². The molecule has 0 aliphatic rings. The van der Waals surface area contributed by atoms with Crippen molar-refractivity contribution in [2.24, 2.45) is 11.5 Å². The largest absolute Gasteiger partial charge is 0.377 e. The topological polar surface area (TPSA) is 69.1 Å². The monoisotopic (exact) mass is 228 g/mol. The van der Waals surface area contributed by atoms with Gasteiger partial charge in [-0.2, -0.15) is 0 Å². The lowest BCUT2D eigenvalue weighted by atomic mass is 10.1. The predicted octanol–water partition coefficient (Wildman–Crippen LogP) is 2.07. The summed E-state index contributed by atoms with van der Waals surface area (Å²) in [4.78, 5) is 10.0. The average Bonchev–Trinajstić information content (AvgIpc) is 2.02. The van der Waals surface area contributed by atoms with Crippen molar-refractivity contribution < 1.29 is 4.79 Å². The highest BCUT2D eigenvalue weighted by molar-refractivity contribution is 7.80. The summed E-state index contributed by atoms with van der Waals surface area (Å²) in [5.74, 6) is 0. The number of thiocarbonyl (C=S) groups is 1.